The van der Waals surface area contributed by atoms with E-state index in [-0.39, 0.29) is 35.9 Å². The Morgan fingerprint density at radius 1 is 1.23 bits per heavy atom. The first kappa shape index (κ1) is 18.6. The van der Waals surface area contributed by atoms with Gasteiger partial charge in [0.25, 0.3) is 10.1 Å². The summed E-state index contributed by atoms with van der Waals surface area (Å²) in [7, 11) is -4.01. The van der Waals surface area contributed by atoms with Gasteiger partial charge in [-0.05, 0) is 32.1 Å². The maximum absolute atomic E-state index is 12.6. The second kappa shape index (κ2) is 6.85. The van der Waals surface area contributed by atoms with Crippen molar-refractivity contribution in [2.24, 2.45) is 0 Å². The zero-order valence-electron chi connectivity index (χ0n) is 14.8. The smallest absolute Gasteiger partial charge is 0.333 e. The zero-order chi connectivity index (χ0) is 19.1. The van der Waals surface area contributed by atoms with Gasteiger partial charge in [-0.1, -0.05) is 17.7 Å². The summed E-state index contributed by atoms with van der Waals surface area (Å²) >= 11 is 0. The van der Waals surface area contributed by atoms with Gasteiger partial charge in [0.05, 0.1) is 23.6 Å². The Bertz CT molecular complexity index is 858. The third-order valence-electron chi connectivity index (χ3n) is 4.54. The normalized spacial score (nSPS) is 24.5. The van der Waals surface area contributed by atoms with Gasteiger partial charge in [0.15, 0.2) is 0 Å². The molecule has 7 nitrogen and oxygen atoms in total. The highest BCUT2D eigenvalue weighted by molar-refractivity contribution is 7.86. The van der Waals surface area contributed by atoms with E-state index in [1.807, 2.05) is 6.92 Å². The van der Waals surface area contributed by atoms with E-state index in [1.54, 1.807) is 25.1 Å². The lowest BCUT2D eigenvalue weighted by Crippen LogP contribution is -2.31. The predicted octanol–water partition coefficient (Wildman–Crippen LogP) is 1.56. The molecule has 3 rings (SSSR count). The number of ether oxygens (including phenoxy) is 1. The number of aryl methyl sites for hydroxylation is 1. The minimum absolute atomic E-state index is 0.0434. The van der Waals surface area contributed by atoms with Crippen LogP contribution >= 0.6 is 0 Å². The van der Waals surface area contributed by atoms with Crippen molar-refractivity contribution in [1.29, 1.82) is 0 Å². The van der Waals surface area contributed by atoms with Gasteiger partial charge in [-0.3, -0.25) is 8.98 Å². The highest BCUT2D eigenvalue weighted by Gasteiger charge is 2.57. The van der Waals surface area contributed by atoms with Crippen molar-refractivity contribution < 1.29 is 26.9 Å². The second-order valence-corrected chi connectivity index (χ2v) is 8.00. The van der Waals surface area contributed by atoms with Gasteiger partial charge in [-0.15, -0.1) is 0 Å². The van der Waals surface area contributed by atoms with Crippen LogP contribution in [0, 0.1) is 6.92 Å². The first-order valence-corrected chi connectivity index (χ1v) is 9.82. The second-order valence-electron chi connectivity index (χ2n) is 6.43. The van der Waals surface area contributed by atoms with Crippen molar-refractivity contribution >= 4 is 22.0 Å². The molecule has 1 unspecified atom stereocenters. The van der Waals surface area contributed by atoms with Gasteiger partial charge >= 0.3 is 5.97 Å². The Morgan fingerprint density at radius 2 is 1.88 bits per heavy atom. The monoisotopic (exact) mass is 379 g/mol. The minimum atomic E-state index is -4.01. The van der Waals surface area contributed by atoms with Gasteiger partial charge in [0.1, 0.15) is 6.10 Å². The molecule has 26 heavy (non-hydrogen) atoms. The van der Waals surface area contributed by atoms with Crippen LogP contribution in [0.3, 0.4) is 0 Å². The van der Waals surface area contributed by atoms with E-state index in [9.17, 15) is 18.0 Å². The topological polar surface area (TPSA) is 89.8 Å². The maximum atomic E-state index is 12.6. The SMILES string of the molecule is CCOC(=O)C1=C[C@H]2C([C@H](OS(=O)(=O)c3ccc(C)cc3)C1)N2C(C)=O. The number of carbonyl (C=O) groups excluding carboxylic acids is 2. The van der Waals surface area contributed by atoms with Crippen LogP contribution in [0.1, 0.15) is 25.8 Å². The molecule has 1 saturated heterocycles. The molecule has 2 aliphatic rings. The van der Waals surface area contributed by atoms with Crippen molar-refractivity contribution in [2.45, 2.75) is 50.3 Å². The molecule has 0 bridgehead atoms. The largest absolute Gasteiger partial charge is 0.463 e. The molecule has 1 heterocycles. The molecular weight excluding hydrogens is 358 g/mol. The Kier molecular flexibility index (Phi) is 4.90. The molecule has 1 aliphatic heterocycles. The molecule has 1 aliphatic carbocycles. The number of hydrogen-bond donors (Lipinski definition) is 0. The maximum Gasteiger partial charge on any atom is 0.333 e. The fourth-order valence-electron chi connectivity index (χ4n) is 3.27. The number of benzene rings is 1. The minimum Gasteiger partial charge on any atom is -0.463 e. The van der Waals surface area contributed by atoms with Crippen molar-refractivity contribution in [3.8, 4) is 0 Å². The predicted molar refractivity (Wildman–Crippen MR) is 92.7 cm³/mol. The number of hydrogen-bond acceptors (Lipinski definition) is 6. The third-order valence-corrected chi connectivity index (χ3v) is 5.89. The summed E-state index contributed by atoms with van der Waals surface area (Å²) in [5.74, 6) is -0.703. The molecule has 1 aromatic carbocycles. The van der Waals surface area contributed by atoms with E-state index in [0.29, 0.717) is 5.57 Å². The zero-order valence-corrected chi connectivity index (χ0v) is 15.7. The Balaban J connectivity index is 1.84. The lowest BCUT2D eigenvalue weighted by molar-refractivity contribution is -0.139. The Hall–Kier alpha value is -2.19. The quantitative estimate of drug-likeness (QED) is 0.438. The van der Waals surface area contributed by atoms with Gasteiger partial charge in [0, 0.05) is 18.9 Å². The summed E-state index contributed by atoms with van der Waals surface area (Å²) < 4.78 is 35.6. The number of rotatable bonds is 5. The van der Waals surface area contributed by atoms with Crippen LogP contribution in [-0.2, 0) is 28.6 Å². The summed E-state index contributed by atoms with van der Waals surface area (Å²) in [4.78, 5) is 25.4. The summed E-state index contributed by atoms with van der Waals surface area (Å²) in [6, 6.07) is 5.60. The molecule has 1 aromatic rings. The van der Waals surface area contributed by atoms with Crippen LogP contribution in [0.4, 0.5) is 0 Å². The number of carbonyl (C=O) groups is 2. The van der Waals surface area contributed by atoms with Crippen LogP contribution < -0.4 is 0 Å². The fraction of sp³-hybridized carbons (Fsp3) is 0.444. The molecule has 0 N–H and O–H groups in total. The van der Waals surface area contributed by atoms with E-state index in [0.717, 1.165) is 5.56 Å². The molecule has 1 fully saturated rings. The fourth-order valence-corrected chi connectivity index (χ4v) is 4.36. The van der Waals surface area contributed by atoms with E-state index >= 15 is 0 Å². The Labute approximate surface area is 152 Å². The van der Waals surface area contributed by atoms with Crippen molar-refractivity contribution in [2.75, 3.05) is 6.61 Å². The molecule has 0 radical (unpaired) electrons. The van der Waals surface area contributed by atoms with E-state index in [2.05, 4.69) is 0 Å². The Morgan fingerprint density at radius 3 is 2.46 bits per heavy atom. The van der Waals surface area contributed by atoms with E-state index in [1.165, 1.54) is 24.0 Å². The lowest BCUT2D eigenvalue weighted by Gasteiger charge is -2.20. The summed E-state index contributed by atoms with van der Waals surface area (Å²) in [5, 5.41) is 0. The lowest BCUT2D eigenvalue weighted by atomic mass is 9.97. The van der Waals surface area contributed by atoms with Gasteiger partial charge < -0.3 is 9.64 Å². The molecular formula is C18H21NO6S. The van der Waals surface area contributed by atoms with Gasteiger partial charge in [-0.25, -0.2) is 4.79 Å². The van der Waals surface area contributed by atoms with E-state index < -0.39 is 22.2 Å². The average Bonchev–Trinajstić information content (AvgIpc) is 3.30. The standard InChI is InChI=1S/C18H21NO6S/c1-4-24-18(21)13-9-15-17(19(15)12(3)20)16(10-13)25-26(22,23)14-7-5-11(2)6-8-14/h5-9,15-17H,4,10H2,1-3H3/t15-,16+,17?,19?/m0/s1. The molecule has 3 atom stereocenters. The van der Waals surface area contributed by atoms with Crippen LogP contribution in [0.5, 0.6) is 0 Å². The molecule has 1 amide bonds. The first-order chi connectivity index (χ1) is 12.2. The highest BCUT2D eigenvalue weighted by atomic mass is 32.2. The molecule has 140 valence electrons. The summed E-state index contributed by atoms with van der Waals surface area (Å²) in [6.07, 6.45) is 0.928. The van der Waals surface area contributed by atoms with E-state index in [4.69, 9.17) is 8.92 Å². The number of amides is 1. The highest BCUT2D eigenvalue weighted by Crippen LogP contribution is 2.42. The van der Waals surface area contributed by atoms with Crippen molar-refractivity contribution in [3.63, 3.8) is 0 Å². The van der Waals surface area contributed by atoms with Gasteiger partial charge in [0.2, 0.25) is 5.91 Å². The first-order valence-electron chi connectivity index (χ1n) is 8.41. The molecule has 0 saturated carbocycles. The van der Waals surface area contributed by atoms with Crippen LogP contribution in [-0.4, -0.2) is 50.0 Å². The summed E-state index contributed by atoms with van der Waals surface area (Å²) in [6.45, 7) is 5.17. The van der Waals surface area contributed by atoms with Crippen LogP contribution in [0.15, 0.2) is 40.8 Å². The number of nitrogens with zero attached hydrogens (tertiary/aromatic N) is 1. The molecule has 0 spiro atoms. The third kappa shape index (κ3) is 3.52. The summed E-state index contributed by atoms with van der Waals surface area (Å²) in [5.41, 5.74) is 1.26. The van der Waals surface area contributed by atoms with Crippen LogP contribution in [0.25, 0.3) is 0 Å². The van der Waals surface area contributed by atoms with Crippen LogP contribution in [0.2, 0.25) is 0 Å². The van der Waals surface area contributed by atoms with Gasteiger partial charge in [-0.2, -0.15) is 8.42 Å². The number of esters is 1. The molecule has 8 heteroatoms. The van der Waals surface area contributed by atoms with Crippen molar-refractivity contribution in [1.82, 2.24) is 4.90 Å². The van der Waals surface area contributed by atoms with Crippen molar-refractivity contribution in [3.05, 3.63) is 41.5 Å². The average molecular weight is 379 g/mol. The number of fused-ring (bicyclic) bond motifs is 1. The molecule has 0 aromatic heterocycles.